The second kappa shape index (κ2) is 10.2. The van der Waals surface area contributed by atoms with E-state index >= 15 is 0 Å². The molecule has 0 fully saturated rings. The molecule has 1 heterocycles. The minimum absolute atomic E-state index is 0.447. The fraction of sp³-hybridized carbons (Fsp3) is 0.0196. The van der Waals surface area contributed by atoms with Crippen LogP contribution in [0, 0.1) is 0 Å². The Morgan fingerprint density at radius 2 is 0.769 bits per heavy atom. The predicted octanol–water partition coefficient (Wildman–Crippen LogP) is 13.5. The van der Waals surface area contributed by atoms with Gasteiger partial charge in [-0.1, -0.05) is 170 Å². The van der Waals surface area contributed by atoms with Gasteiger partial charge in [0.25, 0.3) is 0 Å². The smallest absolute Gasteiger partial charge is 0.0726 e. The van der Waals surface area contributed by atoms with E-state index in [1.807, 2.05) is 0 Å². The van der Waals surface area contributed by atoms with E-state index in [9.17, 15) is 0 Å². The lowest BCUT2D eigenvalue weighted by Gasteiger charge is -2.35. The van der Waals surface area contributed by atoms with E-state index in [0.29, 0.717) is 0 Å². The van der Waals surface area contributed by atoms with Crippen molar-refractivity contribution in [1.29, 1.82) is 0 Å². The van der Waals surface area contributed by atoms with Gasteiger partial charge in [-0.3, -0.25) is 0 Å². The van der Waals surface area contributed by atoms with E-state index in [2.05, 4.69) is 193 Å². The van der Waals surface area contributed by atoms with Crippen molar-refractivity contribution >= 4 is 38.6 Å². The third kappa shape index (κ3) is 3.38. The third-order valence-corrected chi connectivity index (χ3v) is 12.0. The maximum Gasteiger partial charge on any atom is 0.0726 e. The van der Waals surface area contributed by atoms with Gasteiger partial charge in [0.2, 0.25) is 0 Å². The van der Waals surface area contributed by atoms with E-state index in [1.54, 1.807) is 0 Å². The van der Waals surface area contributed by atoms with Crippen molar-refractivity contribution in [1.82, 2.24) is 0 Å². The van der Waals surface area contributed by atoms with Crippen molar-refractivity contribution in [2.24, 2.45) is 0 Å². The standard InChI is InChI=1S/C51H31N/c1-2-18-34-33(15-1)31-45-49(41-23-5-10-28-44(41)51(45)42-26-8-3-19-35(42)36-20-4-9-27-43(36)51)50(34)52-46-29-11-6-21-37(46)39-24-13-16-32-17-14-25-40(48(32)39)38-22-7-12-30-47(38)52/h1-31H. The summed E-state index contributed by atoms with van der Waals surface area (Å²) in [7, 11) is 0. The van der Waals surface area contributed by atoms with Gasteiger partial charge in [0, 0.05) is 22.1 Å². The fourth-order valence-corrected chi connectivity index (χ4v) is 10.1. The highest BCUT2D eigenvalue weighted by Gasteiger charge is 2.53. The Labute approximate surface area is 302 Å². The van der Waals surface area contributed by atoms with Gasteiger partial charge in [-0.15, -0.1) is 0 Å². The van der Waals surface area contributed by atoms with Gasteiger partial charge in [0.05, 0.1) is 22.5 Å². The summed E-state index contributed by atoms with van der Waals surface area (Å²) in [6, 6.07) is 70.5. The summed E-state index contributed by atoms with van der Waals surface area (Å²) < 4.78 is 0. The lowest BCUT2D eigenvalue weighted by molar-refractivity contribution is 0.795. The van der Waals surface area contributed by atoms with Gasteiger partial charge in [-0.25, -0.2) is 0 Å². The average molecular weight is 658 g/mol. The van der Waals surface area contributed by atoms with E-state index in [4.69, 9.17) is 0 Å². The number of para-hydroxylation sites is 2. The Balaban J connectivity index is 1.30. The Hall–Kier alpha value is -6.70. The number of benzene rings is 9. The molecule has 0 atom stereocenters. The quantitative estimate of drug-likeness (QED) is 0.170. The van der Waals surface area contributed by atoms with E-state index < -0.39 is 5.41 Å². The van der Waals surface area contributed by atoms with Crippen LogP contribution in [-0.4, -0.2) is 0 Å². The maximum atomic E-state index is 2.60. The minimum Gasteiger partial charge on any atom is -0.308 e. The lowest BCUT2D eigenvalue weighted by Crippen LogP contribution is -2.26. The Kier molecular flexibility index (Phi) is 5.49. The van der Waals surface area contributed by atoms with Crippen molar-refractivity contribution in [3.63, 3.8) is 0 Å². The summed E-state index contributed by atoms with van der Waals surface area (Å²) in [4.78, 5) is 2.60. The van der Waals surface area contributed by atoms with Crippen LogP contribution in [0.2, 0.25) is 0 Å². The van der Waals surface area contributed by atoms with Crippen LogP contribution in [0.3, 0.4) is 0 Å². The maximum absolute atomic E-state index is 2.60. The molecule has 9 aromatic carbocycles. The van der Waals surface area contributed by atoms with Crippen LogP contribution in [0.15, 0.2) is 188 Å². The molecular weight excluding hydrogens is 627 g/mol. The van der Waals surface area contributed by atoms with E-state index in [-0.39, 0.29) is 0 Å². The first-order valence-electron chi connectivity index (χ1n) is 18.2. The van der Waals surface area contributed by atoms with Gasteiger partial charge in [0.15, 0.2) is 0 Å². The molecule has 0 bridgehead atoms. The Morgan fingerprint density at radius 1 is 0.327 bits per heavy atom. The SMILES string of the molecule is c1ccc2c(c1)-c1cccc3cccc(c13)-c1ccccc1N2c1c2c(cc3ccccc13)C1(c3ccccc3-c3ccccc31)c1ccccc1-2. The summed E-state index contributed by atoms with van der Waals surface area (Å²) >= 11 is 0. The lowest BCUT2D eigenvalue weighted by atomic mass is 9.70. The van der Waals surface area contributed by atoms with Gasteiger partial charge < -0.3 is 4.90 Å². The number of fused-ring (bicyclic) bond motifs is 15. The van der Waals surface area contributed by atoms with Gasteiger partial charge in [-0.05, 0) is 84.4 Å². The molecule has 0 saturated heterocycles. The van der Waals surface area contributed by atoms with Crippen LogP contribution < -0.4 is 4.90 Å². The minimum atomic E-state index is -0.447. The second-order valence-corrected chi connectivity index (χ2v) is 14.3. The molecule has 0 unspecified atom stereocenters. The molecule has 0 radical (unpaired) electrons. The largest absolute Gasteiger partial charge is 0.308 e. The van der Waals surface area contributed by atoms with E-state index in [0.717, 1.165) is 0 Å². The van der Waals surface area contributed by atoms with Crippen molar-refractivity contribution in [2.45, 2.75) is 5.41 Å². The number of rotatable bonds is 1. The van der Waals surface area contributed by atoms with Crippen LogP contribution in [-0.2, 0) is 5.41 Å². The molecule has 0 saturated carbocycles. The van der Waals surface area contributed by atoms with Gasteiger partial charge in [0.1, 0.15) is 0 Å². The summed E-state index contributed by atoms with van der Waals surface area (Å²) in [6.45, 7) is 0. The molecule has 0 N–H and O–H groups in total. The van der Waals surface area contributed by atoms with Crippen molar-refractivity contribution in [3.05, 3.63) is 210 Å². The molecule has 1 spiro atoms. The number of hydrogen-bond donors (Lipinski definition) is 0. The van der Waals surface area contributed by atoms with Crippen molar-refractivity contribution < 1.29 is 0 Å². The molecule has 2 aliphatic carbocycles. The highest BCUT2D eigenvalue weighted by atomic mass is 15.2. The predicted molar refractivity (Wildman–Crippen MR) is 217 cm³/mol. The summed E-state index contributed by atoms with van der Waals surface area (Å²) in [6.07, 6.45) is 0. The normalized spacial score (nSPS) is 13.9. The number of nitrogens with zero attached hydrogens (tertiary/aromatic N) is 1. The first-order valence-corrected chi connectivity index (χ1v) is 18.2. The first kappa shape index (κ1) is 28.0. The summed E-state index contributed by atoms with van der Waals surface area (Å²) in [5, 5.41) is 5.04. The van der Waals surface area contributed by atoms with Crippen molar-refractivity contribution in [3.8, 4) is 44.5 Å². The average Bonchev–Trinajstić information content (AvgIpc) is 3.67. The monoisotopic (exact) mass is 657 g/mol. The molecule has 1 heteroatoms. The zero-order valence-corrected chi connectivity index (χ0v) is 28.3. The zero-order valence-electron chi connectivity index (χ0n) is 28.3. The molecule has 240 valence electrons. The second-order valence-electron chi connectivity index (χ2n) is 14.3. The molecule has 1 nitrogen and oxygen atoms in total. The molecule has 1 aliphatic heterocycles. The molecule has 3 aliphatic rings. The van der Waals surface area contributed by atoms with Crippen LogP contribution in [0.5, 0.6) is 0 Å². The highest BCUT2D eigenvalue weighted by molar-refractivity contribution is 6.17. The van der Waals surface area contributed by atoms with Gasteiger partial charge >= 0.3 is 0 Å². The number of hydrogen-bond acceptors (Lipinski definition) is 1. The van der Waals surface area contributed by atoms with Gasteiger partial charge in [-0.2, -0.15) is 0 Å². The fourth-order valence-electron chi connectivity index (χ4n) is 10.1. The van der Waals surface area contributed by atoms with E-state index in [1.165, 1.54) is 105 Å². The highest BCUT2D eigenvalue weighted by Crippen LogP contribution is 2.66. The third-order valence-electron chi connectivity index (χ3n) is 12.0. The van der Waals surface area contributed by atoms with Crippen LogP contribution in [0.4, 0.5) is 17.1 Å². The molecule has 0 amide bonds. The molecule has 52 heavy (non-hydrogen) atoms. The Bertz CT molecular complexity index is 2860. The topological polar surface area (TPSA) is 3.24 Å². The van der Waals surface area contributed by atoms with Crippen LogP contribution in [0.1, 0.15) is 22.3 Å². The summed E-state index contributed by atoms with van der Waals surface area (Å²) in [5.41, 5.74) is 18.8. The number of anilines is 3. The first-order chi connectivity index (χ1) is 25.8. The zero-order chi connectivity index (χ0) is 34.0. The summed E-state index contributed by atoms with van der Waals surface area (Å²) in [5.74, 6) is 0. The molecule has 0 aromatic heterocycles. The molecule has 9 aromatic rings. The Morgan fingerprint density at radius 3 is 1.38 bits per heavy atom. The molecule has 12 rings (SSSR count). The van der Waals surface area contributed by atoms with Crippen molar-refractivity contribution in [2.75, 3.05) is 4.90 Å². The van der Waals surface area contributed by atoms with Crippen LogP contribution >= 0.6 is 0 Å². The molecular formula is C51H31N. The van der Waals surface area contributed by atoms with Crippen LogP contribution in [0.25, 0.3) is 66.1 Å².